The monoisotopic (exact) mass is 252 g/mol. The van der Waals surface area contributed by atoms with E-state index in [9.17, 15) is 4.79 Å². The topological polar surface area (TPSA) is 96.2 Å². The molecule has 7 heteroatoms. The molecule has 1 rings (SSSR count). The van der Waals surface area contributed by atoms with E-state index in [4.69, 9.17) is 5.84 Å². The lowest BCUT2D eigenvalue weighted by Crippen LogP contribution is -2.37. The number of hydrogen-bond donors (Lipinski definition) is 3. The lowest BCUT2D eigenvalue weighted by Gasteiger charge is -2.24. The third-order valence-corrected chi connectivity index (χ3v) is 2.60. The van der Waals surface area contributed by atoms with Gasteiger partial charge in [0.2, 0.25) is 5.91 Å². The molecule has 0 aliphatic rings. The van der Waals surface area contributed by atoms with Crippen molar-refractivity contribution >= 4 is 17.5 Å². The largest absolute Gasteiger partial charge is 0.358 e. The smallest absolute Gasteiger partial charge is 0.239 e. The van der Waals surface area contributed by atoms with Gasteiger partial charge in [0.25, 0.3) is 0 Å². The number of nitrogens with one attached hydrogen (secondary N) is 2. The number of likely N-dealkylation sites (N-methyl/N-ethyl adjacent to an activating group) is 1. The van der Waals surface area contributed by atoms with Gasteiger partial charge in [-0.1, -0.05) is 6.92 Å². The van der Waals surface area contributed by atoms with Gasteiger partial charge in [-0.3, -0.25) is 4.79 Å². The number of hydrazine groups is 1. The van der Waals surface area contributed by atoms with Crippen molar-refractivity contribution in [2.75, 3.05) is 30.5 Å². The minimum Gasteiger partial charge on any atom is -0.358 e. The molecule has 0 bridgehead atoms. The number of nitrogens with two attached hydrogens (primary N) is 1. The Hall–Kier alpha value is -1.89. The average Bonchev–Trinajstić information content (AvgIpc) is 2.38. The molecular formula is C11H20N6O. The van der Waals surface area contributed by atoms with Crippen LogP contribution in [0.2, 0.25) is 0 Å². The molecule has 1 aromatic rings. The molecule has 0 aliphatic carbocycles. The van der Waals surface area contributed by atoms with Crippen molar-refractivity contribution in [2.24, 2.45) is 5.84 Å². The Balaban J connectivity index is 3.01. The molecule has 0 fully saturated rings. The highest BCUT2D eigenvalue weighted by atomic mass is 16.1. The van der Waals surface area contributed by atoms with Crippen LogP contribution in [0.1, 0.15) is 18.9 Å². The molecule has 1 aromatic heterocycles. The summed E-state index contributed by atoms with van der Waals surface area (Å²) in [6, 6.07) is 0. The Morgan fingerprint density at radius 2 is 2.22 bits per heavy atom. The van der Waals surface area contributed by atoms with Crippen LogP contribution in [-0.4, -0.2) is 36.0 Å². The number of nitrogen functional groups attached to an aromatic ring is 1. The number of nitrogens with zero attached hydrogens (tertiary/aromatic N) is 3. The van der Waals surface area contributed by atoms with E-state index in [2.05, 4.69) is 27.6 Å². The second-order valence-electron chi connectivity index (χ2n) is 3.91. The van der Waals surface area contributed by atoms with Crippen molar-refractivity contribution in [3.63, 3.8) is 0 Å². The molecule has 4 N–H and O–H groups in total. The van der Waals surface area contributed by atoms with E-state index in [-0.39, 0.29) is 12.5 Å². The second kappa shape index (κ2) is 6.75. The molecule has 1 heterocycles. The summed E-state index contributed by atoms with van der Waals surface area (Å²) < 4.78 is 0. The molecule has 0 spiro atoms. The van der Waals surface area contributed by atoms with E-state index in [0.717, 1.165) is 24.3 Å². The Morgan fingerprint density at radius 1 is 1.50 bits per heavy atom. The van der Waals surface area contributed by atoms with Crippen molar-refractivity contribution in [3.8, 4) is 0 Å². The summed E-state index contributed by atoms with van der Waals surface area (Å²) in [7, 11) is 1.62. The second-order valence-corrected chi connectivity index (χ2v) is 3.91. The van der Waals surface area contributed by atoms with Crippen molar-refractivity contribution in [1.29, 1.82) is 0 Å². The van der Waals surface area contributed by atoms with Crippen LogP contribution in [0.15, 0.2) is 6.33 Å². The number of rotatable bonds is 6. The molecule has 0 radical (unpaired) electrons. The highest BCUT2D eigenvalue weighted by Crippen LogP contribution is 2.21. The summed E-state index contributed by atoms with van der Waals surface area (Å²) in [5.74, 6) is 6.62. The van der Waals surface area contributed by atoms with Crippen LogP contribution in [0.25, 0.3) is 0 Å². The van der Waals surface area contributed by atoms with Gasteiger partial charge in [-0.05, 0) is 13.3 Å². The van der Waals surface area contributed by atoms with Crippen molar-refractivity contribution in [2.45, 2.75) is 20.3 Å². The molecule has 0 aromatic carbocycles. The van der Waals surface area contributed by atoms with Crippen molar-refractivity contribution in [1.82, 2.24) is 15.3 Å². The van der Waals surface area contributed by atoms with Gasteiger partial charge in [0.15, 0.2) is 0 Å². The Kier molecular flexibility index (Phi) is 5.31. The Labute approximate surface area is 107 Å². The number of carbonyl (C=O) groups excluding carboxylic acids is 1. The van der Waals surface area contributed by atoms with E-state index in [1.54, 1.807) is 7.05 Å². The van der Waals surface area contributed by atoms with E-state index in [1.165, 1.54) is 6.33 Å². The summed E-state index contributed by atoms with van der Waals surface area (Å²) in [6.45, 7) is 4.94. The minimum atomic E-state index is -0.0521. The van der Waals surface area contributed by atoms with Crippen LogP contribution in [0.3, 0.4) is 0 Å². The van der Waals surface area contributed by atoms with E-state index < -0.39 is 0 Å². The average molecular weight is 252 g/mol. The zero-order valence-corrected chi connectivity index (χ0v) is 11.0. The fourth-order valence-electron chi connectivity index (χ4n) is 1.69. The SMILES string of the molecule is CCCN(CC(=O)NC)c1ncnc(NN)c1C. The molecule has 100 valence electrons. The first kappa shape index (κ1) is 14.2. The summed E-state index contributed by atoms with van der Waals surface area (Å²) in [5, 5.41) is 2.61. The maximum atomic E-state index is 11.5. The quantitative estimate of drug-likeness (QED) is 0.488. The third kappa shape index (κ3) is 3.30. The van der Waals surface area contributed by atoms with E-state index in [1.807, 2.05) is 11.8 Å². The van der Waals surface area contributed by atoms with Crippen LogP contribution in [0.4, 0.5) is 11.6 Å². The molecule has 0 saturated carbocycles. The predicted molar refractivity (Wildman–Crippen MR) is 71.1 cm³/mol. The van der Waals surface area contributed by atoms with Gasteiger partial charge in [-0.25, -0.2) is 15.8 Å². The summed E-state index contributed by atoms with van der Waals surface area (Å²) in [4.78, 5) is 21.7. The maximum absolute atomic E-state index is 11.5. The fraction of sp³-hybridized carbons (Fsp3) is 0.545. The summed E-state index contributed by atoms with van der Waals surface area (Å²) >= 11 is 0. The van der Waals surface area contributed by atoms with Gasteiger partial charge in [-0.2, -0.15) is 0 Å². The molecule has 0 atom stereocenters. The molecule has 1 amide bonds. The number of carbonyl (C=O) groups is 1. The Morgan fingerprint density at radius 3 is 2.78 bits per heavy atom. The van der Waals surface area contributed by atoms with Crippen LogP contribution < -0.4 is 21.5 Å². The standard InChI is InChI=1S/C11H20N6O/c1-4-5-17(6-9(18)13-3)11-8(2)10(16-12)14-7-15-11/h7H,4-6,12H2,1-3H3,(H,13,18)(H,14,15,16). The lowest BCUT2D eigenvalue weighted by molar-refractivity contribution is -0.119. The molecular weight excluding hydrogens is 232 g/mol. The molecule has 0 saturated heterocycles. The summed E-state index contributed by atoms with van der Waals surface area (Å²) in [5.41, 5.74) is 3.35. The number of aromatic nitrogens is 2. The molecule has 18 heavy (non-hydrogen) atoms. The molecule has 0 unspecified atom stereocenters. The lowest BCUT2D eigenvalue weighted by atomic mass is 10.2. The molecule has 0 aliphatic heterocycles. The van der Waals surface area contributed by atoms with Crippen LogP contribution in [0.5, 0.6) is 0 Å². The number of hydrogen-bond acceptors (Lipinski definition) is 6. The van der Waals surface area contributed by atoms with Gasteiger partial charge in [-0.15, -0.1) is 0 Å². The maximum Gasteiger partial charge on any atom is 0.239 e. The fourth-order valence-corrected chi connectivity index (χ4v) is 1.69. The van der Waals surface area contributed by atoms with Gasteiger partial charge in [0.05, 0.1) is 6.54 Å². The van der Waals surface area contributed by atoms with Crippen LogP contribution in [-0.2, 0) is 4.79 Å². The summed E-state index contributed by atoms with van der Waals surface area (Å²) in [6.07, 6.45) is 2.36. The van der Waals surface area contributed by atoms with Crippen molar-refractivity contribution in [3.05, 3.63) is 11.9 Å². The minimum absolute atomic E-state index is 0.0521. The zero-order valence-electron chi connectivity index (χ0n) is 11.0. The van der Waals surface area contributed by atoms with Crippen LogP contribution in [0, 0.1) is 6.92 Å². The van der Waals surface area contributed by atoms with E-state index in [0.29, 0.717) is 5.82 Å². The highest BCUT2D eigenvalue weighted by molar-refractivity contribution is 5.81. The predicted octanol–water partition coefficient (Wildman–Crippen LogP) is 0.0330. The van der Waals surface area contributed by atoms with Gasteiger partial charge in [0.1, 0.15) is 18.0 Å². The van der Waals surface area contributed by atoms with Crippen molar-refractivity contribution < 1.29 is 4.79 Å². The van der Waals surface area contributed by atoms with Gasteiger partial charge >= 0.3 is 0 Å². The third-order valence-electron chi connectivity index (χ3n) is 2.60. The van der Waals surface area contributed by atoms with Gasteiger partial charge < -0.3 is 15.6 Å². The van der Waals surface area contributed by atoms with Gasteiger partial charge in [0, 0.05) is 19.2 Å². The first-order valence-corrected chi connectivity index (χ1v) is 5.87. The number of anilines is 2. The Bertz CT molecular complexity index is 409. The van der Waals surface area contributed by atoms with E-state index >= 15 is 0 Å². The first-order valence-electron chi connectivity index (χ1n) is 5.87. The number of amides is 1. The molecule has 7 nitrogen and oxygen atoms in total. The zero-order chi connectivity index (χ0) is 13.5. The first-order chi connectivity index (χ1) is 8.63. The highest BCUT2D eigenvalue weighted by Gasteiger charge is 2.15. The van der Waals surface area contributed by atoms with Crippen LogP contribution >= 0.6 is 0 Å². The normalized spacial score (nSPS) is 10.0.